The zero-order valence-electron chi connectivity index (χ0n) is 16.7. The standard InChI is InChI=1S/C22H27BCl2O2/c1-6-14-22(16-10-8-7-9-11-16,17-12-13-18(24)19(25)15-17)23-26-20(2,3)21(4,5)27-23/h7-13,15H,6,14H2,1-5H3/t22-/m0/s1. The number of halogens is 2. The SMILES string of the molecule is CCC[C@](B1OC(C)(C)C(C)(C)O1)(c1ccccc1)c1ccc(Cl)c(Cl)c1. The van der Waals surface area contributed by atoms with Gasteiger partial charge in [-0.25, -0.2) is 0 Å². The van der Waals surface area contributed by atoms with Crippen LogP contribution in [0.25, 0.3) is 0 Å². The van der Waals surface area contributed by atoms with Gasteiger partial charge in [0.15, 0.2) is 0 Å². The van der Waals surface area contributed by atoms with E-state index in [0.29, 0.717) is 10.0 Å². The molecule has 0 unspecified atom stereocenters. The van der Waals surface area contributed by atoms with Crippen LogP contribution in [0.4, 0.5) is 0 Å². The Labute approximate surface area is 173 Å². The first kappa shape index (κ1) is 20.7. The number of hydrogen-bond acceptors (Lipinski definition) is 2. The molecule has 0 spiro atoms. The Morgan fingerprint density at radius 1 is 0.852 bits per heavy atom. The van der Waals surface area contributed by atoms with Crippen molar-refractivity contribution in [2.24, 2.45) is 0 Å². The van der Waals surface area contributed by atoms with E-state index in [-0.39, 0.29) is 0 Å². The van der Waals surface area contributed by atoms with E-state index in [1.54, 1.807) is 0 Å². The fraction of sp³-hybridized carbons (Fsp3) is 0.455. The lowest BCUT2D eigenvalue weighted by molar-refractivity contribution is 0.00578. The van der Waals surface area contributed by atoms with Gasteiger partial charge in [-0.15, -0.1) is 0 Å². The van der Waals surface area contributed by atoms with E-state index in [4.69, 9.17) is 32.5 Å². The molecule has 1 heterocycles. The predicted octanol–water partition coefficient (Wildman–Crippen LogP) is 6.71. The molecular weight excluding hydrogens is 378 g/mol. The highest BCUT2D eigenvalue weighted by Gasteiger charge is 2.60. The molecule has 1 saturated heterocycles. The lowest BCUT2D eigenvalue weighted by atomic mass is 9.49. The Balaban J connectivity index is 2.24. The summed E-state index contributed by atoms with van der Waals surface area (Å²) in [7, 11) is -0.429. The van der Waals surface area contributed by atoms with Crippen molar-refractivity contribution in [3.8, 4) is 0 Å². The van der Waals surface area contributed by atoms with Crippen LogP contribution < -0.4 is 0 Å². The smallest absolute Gasteiger partial charge is 0.402 e. The van der Waals surface area contributed by atoms with Gasteiger partial charge in [0.25, 0.3) is 0 Å². The lowest BCUT2D eigenvalue weighted by Crippen LogP contribution is -2.47. The van der Waals surface area contributed by atoms with E-state index in [2.05, 4.69) is 58.9 Å². The van der Waals surface area contributed by atoms with E-state index in [1.165, 1.54) is 0 Å². The normalized spacial score (nSPS) is 20.5. The van der Waals surface area contributed by atoms with Gasteiger partial charge in [0.2, 0.25) is 0 Å². The minimum atomic E-state index is -0.477. The van der Waals surface area contributed by atoms with Crippen LogP contribution >= 0.6 is 23.2 Å². The van der Waals surface area contributed by atoms with Gasteiger partial charge >= 0.3 is 7.12 Å². The van der Waals surface area contributed by atoms with E-state index < -0.39 is 23.6 Å². The quantitative estimate of drug-likeness (QED) is 0.515. The Morgan fingerprint density at radius 3 is 1.96 bits per heavy atom. The van der Waals surface area contributed by atoms with Crippen molar-refractivity contribution >= 4 is 30.3 Å². The highest BCUT2D eigenvalue weighted by Crippen LogP contribution is 2.48. The molecule has 3 rings (SSSR count). The number of hydrogen-bond donors (Lipinski definition) is 0. The van der Waals surface area contributed by atoms with Crippen molar-refractivity contribution in [1.29, 1.82) is 0 Å². The lowest BCUT2D eigenvalue weighted by Gasteiger charge is -2.37. The summed E-state index contributed by atoms with van der Waals surface area (Å²) in [5.74, 6) is 0. The van der Waals surface area contributed by atoms with Crippen molar-refractivity contribution < 1.29 is 9.31 Å². The minimum absolute atomic E-state index is 0.415. The maximum Gasteiger partial charge on any atom is 0.473 e. The molecule has 1 aliphatic rings. The van der Waals surface area contributed by atoms with Crippen LogP contribution in [0.3, 0.4) is 0 Å². The average molecular weight is 405 g/mol. The predicted molar refractivity (Wildman–Crippen MR) is 115 cm³/mol. The second kappa shape index (κ2) is 7.44. The molecule has 144 valence electrons. The third kappa shape index (κ3) is 3.56. The topological polar surface area (TPSA) is 18.5 Å². The maximum atomic E-state index is 6.56. The Morgan fingerprint density at radius 2 is 1.44 bits per heavy atom. The van der Waals surface area contributed by atoms with Crippen molar-refractivity contribution in [1.82, 2.24) is 0 Å². The summed E-state index contributed by atoms with van der Waals surface area (Å²) in [6.07, 6.45) is 1.84. The van der Waals surface area contributed by atoms with Crippen LogP contribution in [-0.2, 0) is 14.6 Å². The summed E-state index contributed by atoms with van der Waals surface area (Å²) in [5, 5.41) is 0.616. The molecule has 27 heavy (non-hydrogen) atoms. The first-order chi connectivity index (χ1) is 12.6. The Hall–Kier alpha value is -0.995. The van der Waals surface area contributed by atoms with Crippen LogP contribution in [0.5, 0.6) is 0 Å². The van der Waals surface area contributed by atoms with Gasteiger partial charge in [0, 0.05) is 0 Å². The van der Waals surface area contributed by atoms with Gasteiger partial charge in [-0.05, 0) is 57.4 Å². The van der Waals surface area contributed by atoms with Gasteiger partial charge in [0.1, 0.15) is 0 Å². The maximum absolute atomic E-state index is 6.56. The van der Waals surface area contributed by atoms with E-state index in [9.17, 15) is 0 Å². The van der Waals surface area contributed by atoms with Crippen LogP contribution in [0.15, 0.2) is 48.5 Å². The molecule has 0 bridgehead atoms. The monoisotopic (exact) mass is 404 g/mol. The average Bonchev–Trinajstić information content (AvgIpc) is 2.84. The number of benzene rings is 2. The molecule has 0 aromatic heterocycles. The summed E-state index contributed by atoms with van der Waals surface area (Å²) in [5.41, 5.74) is 1.38. The van der Waals surface area contributed by atoms with Crippen molar-refractivity contribution in [2.45, 2.75) is 64.0 Å². The second-order valence-electron chi connectivity index (χ2n) is 8.30. The van der Waals surface area contributed by atoms with Crippen molar-refractivity contribution in [3.63, 3.8) is 0 Å². The van der Waals surface area contributed by atoms with E-state index in [0.717, 1.165) is 24.0 Å². The van der Waals surface area contributed by atoms with Gasteiger partial charge in [0.05, 0.1) is 26.6 Å². The molecule has 1 fully saturated rings. The molecule has 2 aromatic carbocycles. The Kier molecular flexibility index (Phi) is 5.71. The highest BCUT2D eigenvalue weighted by atomic mass is 35.5. The third-order valence-electron chi connectivity index (χ3n) is 6.02. The second-order valence-corrected chi connectivity index (χ2v) is 9.12. The summed E-state index contributed by atoms with van der Waals surface area (Å²) in [4.78, 5) is 0. The number of rotatable bonds is 5. The van der Waals surface area contributed by atoms with E-state index >= 15 is 0 Å². The molecule has 0 amide bonds. The molecule has 5 heteroatoms. The van der Waals surface area contributed by atoms with Crippen molar-refractivity contribution in [3.05, 3.63) is 69.7 Å². The summed E-state index contributed by atoms with van der Waals surface area (Å²) in [6.45, 7) is 10.5. The summed E-state index contributed by atoms with van der Waals surface area (Å²) >= 11 is 12.6. The molecular formula is C22H27BCl2O2. The molecule has 2 aromatic rings. The van der Waals surface area contributed by atoms with Gasteiger partial charge < -0.3 is 9.31 Å². The molecule has 1 atom stereocenters. The van der Waals surface area contributed by atoms with Crippen LogP contribution in [0.1, 0.15) is 58.6 Å². The molecule has 0 aliphatic carbocycles. The zero-order valence-corrected chi connectivity index (χ0v) is 18.2. The van der Waals surface area contributed by atoms with Crippen molar-refractivity contribution in [2.75, 3.05) is 0 Å². The fourth-order valence-electron chi connectivity index (χ4n) is 3.79. The third-order valence-corrected chi connectivity index (χ3v) is 6.76. The zero-order chi connectivity index (χ0) is 19.9. The molecule has 0 radical (unpaired) electrons. The fourth-order valence-corrected chi connectivity index (χ4v) is 4.09. The molecule has 2 nitrogen and oxygen atoms in total. The van der Waals surface area contributed by atoms with Gasteiger partial charge in [-0.1, -0.05) is 72.9 Å². The van der Waals surface area contributed by atoms with E-state index in [1.807, 2.05) is 24.3 Å². The van der Waals surface area contributed by atoms with Crippen LogP contribution in [-0.4, -0.2) is 18.3 Å². The first-order valence-electron chi connectivity index (χ1n) is 9.51. The Bertz CT molecular complexity index is 791. The largest absolute Gasteiger partial charge is 0.473 e. The summed E-state index contributed by atoms with van der Waals surface area (Å²) in [6, 6.07) is 16.3. The van der Waals surface area contributed by atoms with Crippen LogP contribution in [0, 0.1) is 0 Å². The van der Waals surface area contributed by atoms with Crippen LogP contribution in [0.2, 0.25) is 10.0 Å². The molecule has 0 saturated carbocycles. The summed E-state index contributed by atoms with van der Waals surface area (Å²) < 4.78 is 13.1. The molecule has 1 aliphatic heterocycles. The van der Waals surface area contributed by atoms with Gasteiger partial charge in [-0.2, -0.15) is 0 Å². The minimum Gasteiger partial charge on any atom is -0.402 e. The molecule has 0 N–H and O–H groups in total. The highest BCUT2D eigenvalue weighted by molar-refractivity contribution is 6.51. The van der Waals surface area contributed by atoms with Gasteiger partial charge in [-0.3, -0.25) is 0 Å². The first-order valence-corrected chi connectivity index (χ1v) is 10.3.